The first-order chi connectivity index (χ1) is 6.77. The maximum Gasteiger partial charge on any atom is 0.142 e. The molecule has 0 saturated heterocycles. The number of ether oxygens (including phenoxy) is 1. The SMILES string of the molecule is COc1ccc(Cl)c2c1NCC2CN. The normalized spacial score (nSPS) is 18.9. The first-order valence-corrected chi connectivity index (χ1v) is 4.96. The maximum atomic E-state index is 6.12. The fourth-order valence-corrected chi connectivity index (χ4v) is 2.17. The summed E-state index contributed by atoms with van der Waals surface area (Å²) in [5, 5.41) is 4.04. The van der Waals surface area contributed by atoms with Crippen molar-refractivity contribution < 1.29 is 4.74 Å². The van der Waals surface area contributed by atoms with E-state index in [4.69, 9.17) is 22.1 Å². The van der Waals surface area contributed by atoms with Crippen molar-refractivity contribution >= 4 is 17.3 Å². The molecule has 2 rings (SSSR count). The van der Waals surface area contributed by atoms with E-state index < -0.39 is 0 Å². The van der Waals surface area contributed by atoms with Crippen LogP contribution in [0.4, 0.5) is 5.69 Å². The van der Waals surface area contributed by atoms with Gasteiger partial charge in [0.1, 0.15) is 5.75 Å². The van der Waals surface area contributed by atoms with Crippen molar-refractivity contribution in [3.8, 4) is 5.75 Å². The zero-order chi connectivity index (χ0) is 10.1. The number of anilines is 1. The highest BCUT2D eigenvalue weighted by Gasteiger charge is 2.26. The monoisotopic (exact) mass is 212 g/mol. The predicted molar refractivity (Wildman–Crippen MR) is 58.3 cm³/mol. The van der Waals surface area contributed by atoms with Crippen LogP contribution in [0.5, 0.6) is 5.75 Å². The standard InChI is InChI=1S/C10H13ClN2O/c1-14-8-3-2-7(11)9-6(4-12)5-13-10(8)9/h2-3,6,13H,4-5,12H2,1H3. The van der Waals surface area contributed by atoms with Gasteiger partial charge >= 0.3 is 0 Å². The fourth-order valence-electron chi connectivity index (χ4n) is 1.85. The van der Waals surface area contributed by atoms with Crippen LogP contribution in [0.2, 0.25) is 5.02 Å². The topological polar surface area (TPSA) is 47.3 Å². The highest BCUT2D eigenvalue weighted by molar-refractivity contribution is 6.32. The number of benzene rings is 1. The predicted octanol–water partition coefficient (Wildman–Crippen LogP) is 1.82. The van der Waals surface area contributed by atoms with Crippen LogP contribution in [-0.4, -0.2) is 20.2 Å². The summed E-state index contributed by atoms with van der Waals surface area (Å²) in [4.78, 5) is 0. The van der Waals surface area contributed by atoms with Gasteiger partial charge in [0, 0.05) is 29.6 Å². The van der Waals surface area contributed by atoms with E-state index in [0.29, 0.717) is 12.5 Å². The highest BCUT2D eigenvalue weighted by Crippen LogP contribution is 2.42. The average molecular weight is 213 g/mol. The van der Waals surface area contributed by atoms with Crippen molar-refractivity contribution in [3.05, 3.63) is 22.7 Å². The minimum Gasteiger partial charge on any atom is -0.495 e. The summed E-state index contributed by atoms with van der Waals surface area (Å²) in [6.45, 7) is 1.44. The van der Waals surface area contributed by atoms with E-state index >= 15 is 0 Å². The van der Waals surface area contributed by atoms with Crippen LogP contribution in [0.15, 0.2) is 12.1 Å². The Morgan fingerprint density at radius 2 is 2.43 bits per heavy atom. The zero-order valence-electron chi connectivity index (χ0n) is 8.01. The van der Waals surface area contributed by atoms with E-state index in [2.05, 4.69) is 5.32 Å². The Morgan fingerprint density at radius 1 is 1.64 bits per heavy atom. The molecule has 0 fully saturated rings. The summed E-state index contributed by atoms with van der Waals surface area (Å²) in [6, 6.07) is 3.72. The number of nitrogens with two attached hydrogens (primary N) is 1. The minimum atomic E-state index is 0.299. The van der Waals surface area contributed by atoms with E-state index in [1.807, 2.05) is 12.1 Å². The van der Waals surface area contributed by atoms with Crippen molar-refractivity contribution in [3.63, 3.8) is 0 Å². The van der Waals surface area contributed by atoms with Crippen LogP contribution in [0.25, 0.3) is 0 Å². The lowest BCUT2D eigenvalue weighted by Crippen LogP contribution is -2.14. The molecule has 1 unspecified atom stereocenters. The quantitative estimate of drug-likeness (QED) is 0.786. The van der Waals surface area contributed by atoms with Gasteiger partial charge in [0.15, 0.2) is 0 Å². The van der Waals surface area contributed by atoms with Gasteiger partial charge in [-0.1, -0.05) is 11.6 Å². The summed E-state index contributed by atoms with van der Waals surface area (Å²) in [5.74, 6) is 1.13. The number of rotatable bonds is 2. The number of nitrogens with one attached hydrogen (secondary N) is 1. The van der Waals surface area contributed by atoms with E-state index in [0.717, 1.165) is 28.6 Å². The van der Waals surface area contributed by atoms with Gasteiger partial charge in [-0.2, -0.15) is 0 Å². The second-order valence-electron chi connectivity index (χ2n) is 3.35. The van der Waals surface area contributed by atoms with Crippen molar-refractivity contribution in [1.29, 1.82) is 0 Å². The molecule has 0 saturated carbocycles. The van der Waals surface area contributed by atoms with Crippen molar-refractivity contribution in [2.75, 3.05) is 25.5 Å². The summed E-state index contributed by atoms with van der Waals surface area (Å²) in [6.07, 6.45) is 0. The molecule has 1 atom stereocenters. The van der Waals surface area contributed by atoms with E-state index in [-0.39, 0.29) is 0 Å². The lowest BCUT2D eigenvalue weighted by atomic mass is 10.0. The Bertz CT molecular complexity index is 354. The lowest BCUT2D eigenvalue weighted by molar-refractivity contribution is 0.416. The molecule has 1 aromatic rings. The maximum absolute atomic E-state index is 6.12. The van der Waals surface area contributed by atoms with Gasteiger partial charge in [0.05, 0.1) is 12.8 Å². The molecule has 1 aromatic carbocycles. The summed E-state index contributed by atoms with van der Waals surface area (Å²) < 4.78 is 5.24. The van der Waals surface area contributed by atoms with Crippen LogP contribution in [-0.2, 0) is 0 Å². The van der Waals surface area contributed by atoms with Gasteiger partial charge in [-0.25, -0.2) is 0 Å². The second-order valence-corrected chi connectivity index (χ2v) is 3.76. The summed E-state index contributed by atoms with van der Waals surface area (Å²) in [5.41, 5.74) is 7.76. The molecule has 14 heavy (non-hydrogen) atoms. The van der Waals surface area contributed by atoms with E-state index in [1.54, 1.807) is 7.11 Å². The Kier molecular flexibility index (Phi) is 2.52. The van der Waals surface area contributed by atoms with Gasteiger partial charge in [-0.05, 0) is 12.1 Å². The number of halogens is 1. The van der Waals surface area contributed by atoms with Gasteiger partial charge in [0.2, 0.25) is 0 Å². The molecule has 3 nitrogen and oxygen atoms in total. The number of methoxy groups -OCH3 is 1. The zero-order valence-corrected chi connectivity index (χ0v) is 8.77. The number of fused-ring (bicyclic) bond motifs is 1. The van der Waals surface area contributed by atoms with Gasteiger partial charge in [-0.3, -0.25) is 0 Å². The van der Waals surface area contributed by atoms with Crippen LogP contribution >= 0.6 is 11.6 Å². The Hall–Kier alpha value is -0.930. The van der Waals surface area contributed by atoms with Crippen LogP contribution in [0.1, 0.15) is 11.5 Å². The third kappa shape index (κ3) is 1.33. The Labute approximate surface area is 88.2 Å². The summed E-state index contributed by atoms with van der Waals surface area (Å²) >= 11 is 6.12. The average Bonchev–Trinajstić information content (AvgIpc) is 2.63. The smallest absolute Gasteiger partial charge is 0.142 e. The molecule has 1 aliphatic rings. The first kappa shape index (κ1) is 9.62. The van der Waals surface area contributed by atoms with Gasteiger partial charge in [0.25, 0.3) is 0 Å². The number of hydrogen-bond acceptors (Lipinski definition) is 3. The third-order valence-electron chi connectivity index (χ3n) is 2.59. The summed E-state index contributed by atoms with van der Waals surface area (Å²) in [7, 11) is 1.65. The molecule has 0 aliphatic carbocycles. The first-order valence-electron chi connectivity index (χ1n) is 4.58. The molecule has 0 spiro atoms. The molecule has 0 aromatic heterocycles. The van der Waals surface area contributed by atoms with Crippen LogP contribution in [0.3, 0.4) is 0 Å². The van der Waals surface area contributed by atoms with Crippen molar-refractivity contribution in [1.82, 2.24) is 0 Å². The van der Waals surface area contributed by atoms with Gasteiger partial charge in [-0.15, -0.1) is 0 Å². The molecule has 1 heterocycles. The Balaban J connectivity index is 2.52. The van der Waals surface area contributed by atoms with Gasteiger partial charge < -0.3 is 15.8 Å². The molecule has 3 N–H and O–H groups in total. The number of hydrogen-bond donors (Lipinski definition) is 2. The van der Waals surface area contributed by atoms with Crippen LogP contribution < -0.4 is 15.8 Å². The second kappa shape index (κ2) is 3.67. The molecule has 4 heteroatoms. The molecule has 0 bridgehead atoms. The molecule has 0 radical (unpaired) electrons. The minimum absolute atomic E-state index is 0.299. The fraction of sp³-hybridized carbons (Fsp3) is 0.400. The highest BCUT2D eigenvalue weighted by atomic mass is 35.5. The van der Waals surface area contributed by atoms with Crippen molar-refractivity contribution in [2.24, 2.45) is 5.73 Å². The van der Waals surface area contributed by atoms with Crippen molar-refractivity contribution in [2.45, 2.75) is 5.92 Å². The lowest BCUT2D eigenvalue weighted by Gasteiger charge is -2.10. The molecule has 76 valence electrons. The van der Waals surface area contributed by atoms with Crippen LogP contribution in [0, 0.1) is 0 Å². The Morgan fingerprint density at radius 3 is 3.07 bits per heavy atom. The van der Waals surface area contributed by atoms with E-state index in [1.165, 1.54) is 0 Å². The van der Waals surface area contributed by atoms with E-state index in [9.17, 15) is 0 Å². The molecular weight excluding hydrogens is 200 g/mol. The molecule has 0 amide bonds. The third-order valence-corrected chi connectivity index (χ3v) is 2.92. The molecule has 1 aliphatic heterocycles. The largest absolute Gasteiger partial charge is 0.495 e. The molecular formula is C10H13ClN2O.